The van der Waals surface area contributed by atoms with E-state index >= 15 is 0 Å². The van der Waals surface area contributed by atoms with E-state index in [1.165, 1.54) is 17.0 Å². The van der Waals surface area contributed by atoms with Crippen molar-refractivity contribution in [2.24, 2.45) is 11.7 Å². The lowest BCUT2D eigenvalue weighted by Crippen LogP contribution is -2.36. The van der Waals surface area contributed by atoms with Gasteiger partial charge in [-0.05, 0) is 18.6 Å². The Morgan fingerprint density at radius 2 is 2.22 bits per heavy atom. The molecule has 1 amide bonds. The quantitative estimate of drug-likeness (QED) is 0.895. The van der Waals surface area contributed by atoms with E-state index in [-0.39, 0.29) is 18.4 Å². The topological polar surface area (TPSA) is 46.3 Å². The van der Waals surface area contributed by atoms with E-state index in [1.54, 1.807) is 13.1 Å². The zero-order chi connectivity index (χ0) is 13.7. The maximum atomic E-state index is 13.6. The SMILES string of the molecule is CCC(CN)C(=O)N(C)Cc1c(F)cccc1Cl. The molecule has 1 rings (SSSR count). The molecule has 5 heteroatoms. The van der Waals surface area contributed by atoms with E-state index in [9.17, 15) is 9.18 Å². The Balaban J connectivity index is 2.81. The fraction of sp³-hybridized carbons (Fsp3) is 0.462. The number of benzene rings is 1. The molecule has 18 heavy (non-hydrogen) atoms. The molecule has 0 aliphatic carbocycles. The predicted octanol–water partition coefficient (Wildman–Crippen LogP) is 2.42. The van der Waals surface area contributed by atoms with Crippen LogP contribution in [0.3, 0.4) is 0 Å². The Labute approximate surface area is 112 Å². The summed E-state index contributed by atoms with van der Waals surface area (Å²) in [4.78, 5) is 13.5. The zero-order valence-corrected chi connectivity index (χ0v) is 11.4. The van der Waals surface area contributed by atoms with Crippen molar-refractivity contribution >= 4 is 17.5 Å². The molecule has 2 N–H and O–H groups in total. The van der Waals surface area contributed by atoms with E-state index in [4.69, 9.17) is 17.3 Å². The second-order valence-corrected chi connectivity index (χ2v) is 4.64. The minimum Gasteiger partial charge on any atom is -0.341 e. The van der Waals surface area contributed by atoms with Gasteiger partial charge in [-0.2, -0.15) is 0 Å². The third-order valence-electron chi connectivity index (χ3n) is 2.96. The standard InChI is InChI=1S/C13H18ClFN2O/c1-3-9(7-16)13(18)17(2)8-10-11(14)5-4-6-12(10)15/h4-6,9H,3,7-8,16H2,1-2H3. The molecule has 1 aromatic carbocycles. The Hall–Kier alpha value is -1.13. The number of carbonyl (C=O) groups is 1. The lowest BCUT2D eigenvalue weighted by Gasteiger charge is -2.22. The number of amides is 1. The molecule has 1 atom stereocenters. The number of carbonyl (C=O) groups excluding carboxylic acids is 1. The second kappa shape index (κ2) is 6.71. The van der Waals surface area contributed by atoms with Gasteiger partial charge in [0.05, 0.1) is 5.92 Å². The van der Waals surface area contributed by atoms with Gasteiger partial charge < -0.3 is 10.6 Å². The summed E-state index contributed by atoms with van der Waals surface area (Å²) >= 11 is 5.92. The number of nitrogens with zero attached hydrogens (tertiary/aromatic N) is 1. The highest BCUT2D eigenvalue weighted by Crippen LogP contribution is 2.21. The van der Waals surface area contributed by atoms with E-state index < -0.39 is 5.82 Å². The molecule has 0 heterocycles. The van der Waals surface area contributed by atoms with Gasteiger partial charge in [-0.3, -0.25) is 4.79 Å². The van der Waals surface area contributed by atoms with Crippen LogP contribution in [-0.4, -0.2) is 24.4 Å². The van der Waals surface area contributed by atoms with Gasteiger partial charge in [-0.1, -0.05) is 24.6 Å². The van der Waals surface area contributed by atoms with Crippen molar-refractivity contribution in [3.8, 4) is 0 Å². The summed E-state index contributed by atoms with van der Waals surface area (Å²) in [5.41, 5.74) is 5.86. The van der Waals surface area contributed by atoms with Gasteiger partial charge in [0.1, 0.15) is 5.82 Å². The molecule has 100 valence electrons. The second-order valence-electron chi connectivity index (χ2n) is 4.24. The molecule has 1 unspecified atom stereocenters. The summed E-state index contributed by atoms with van der Waals surface area (Å²) < 4.78 is 13.6. The van der Waals surface area contributed by atoms with E-state index in [0.29, 0.717) is 23.6 Å². The van der Waals surface area contributed by atoms with Gasteiger partial charge in [0.25, 0.3) is 0 Å². The van der Waals surface area contributed by atoms with Crippen LogP contribution in [0.5, 0.6) is 0 Å². The van der Waals surface area contributed by atoms with Crippen LogP contribution in [0.2, 0.25) is 5.02 Å². The summed E-state index contributed by atoms with van der Waals surface area (Å²) in [6.45, 7) is 2.35. The first-order valence-electron chi connectivity index (χ1n) is 5.89. The molecule has 0 aliphatic heterocycles. The number of nitrogens with two attached hydrogens (primary N) is 1. The van der Waals surface area contributed by atoms with Crippen LogP contribution < -0.4 is 5.73 Å². The molecule has 1 aromatic rings. The molecule has 0 fully saturated rings. The van der Waals surface area contributed by atoms with Gasteiger partial charge >= 0.3 is 0 Å². The van der Waals surface area contributed by atoms with Gasteiger partial charge in [0.15, 0.2) is 0 Å². The van der Waals surface area contributed by atoms with Gasteiger partial charge in [-0.25, -0.2) is 4.39 Å². The first-order valence-corrected chi connectivity index (χ1v) is 6.27. The highest BCUT2D eigenvalue weighted by atomic mass is 35.5. The Bertz CT molecular complexity index is 401. The van der Waals surface area contributed by atoms with Crippen LogP contribution in [0.15, 0.2) is 18.2 Å². The zero-order valence-electron chi connectivity index (χ0n) is 10.6. The molecular weight excluding hydrogens is 255 g/mol. The maximum absolute atomic E-state index is 13.6. The average Bonchev–Trinajstić information content (AvgIpc) is 2.35. The minimum atomic E-state index is -0.400. The van der Waals surface area contributed by atoms with Crippen LogP contribution in [-0.2, 0) is 11.3 Å². The maximum Gasteiger partial charge on any atom is 0.226 e. The van der Waals surface area contributed by atoms with Gasteiger partial charge in [-0.15, -0.1) is 0 Å². The molecule has 0 radical (unpaired) electrons. The molecule has 0 saturated carbocycles. The van der Waals surface area contributed by atoms with Crippen molar-refractivity contribution < 1.29 is 9.18 Å². The van der Waals surface area contributed by atoms with E-state index in [0.717, 1.165) is 0 Å². The molecule has 0 spiro atoms. The van der Waals surface area contributed by atoms with E-state index in [1.807, 2.05) is 6.92 Å². The number of halogens is 2. The summed E-state index contributed by atoms with van der Waals surface area (Å²) in [7, 11) is 1.63. The summed E-state index contributed by atoms with van der Waals surface area (Å²) in [5, 5.41) is 0.329. The van der Waals surface area contributed by atoms with Crippen LogP contribution in [0.4, 0.5) is 4.39 Å². The van der Waals surface area contributed by atoms with Crippen molar-refractivity contribution in [3.63, 3.8) is 0 Å². The lowest BCUT2D eigenvalue weighted by atomic mass is 10.1. The van der Waals surface area contributed by atoms with Crippen molar-refractivity contribution in [3.05, 3.63) is 34.6 Å². The smallest absolute Gasteiger partial charge is 0.226 e. The lowest BCUT2D eigenvalue weighted by molar-refractivity contribution is -0.134. The molecule has 3 nitrogen and oxygen atoms in total. The summed E-state index contributed by atoms with van der Waals surface area (Å²) in [6, 6.07) is 4.48. The third kappa shape index (κ3) is 3.43. The minimum absolute atomic E-state index is 0.0840. The molecule has 0 aromatic heterocycles. The van der Waals surface area contributed by atoms with E-state index in [2.05, 4.69) is 0 Å². The molecular formula is C13H18ClFN2O. The highest BCUT2D eigenvalue weighted by molar-refractivity contribution is 6.31. The largest absolute Gasteiger partial charge is 0.341 e. The predicted molar refractivity (Wildman–Crippen MR) is 70.7 cm³/mol. The van der Waals surface area contributed by atoms with Crippen molar-refractivity contribution in [1.29, 1.82) is 0 Å². The molecule has 0 saturated heterocycles. The van der Waals surface area contributed by atoms with Crippen LogP contribution in [0.1, 0.15) is 18.9 Å². The fourth-order valence-corrected chi connectivity index (χ4v) is 1.98. The first-order chi connectivity index (χ1) is 8.51. The number of rotatable bonds is 5. The van der Waals surface area contributed by atoms with Crippen molar-refractivity contribution in [1.82, 2.24) is 4.90 Å². The highest BCUT2D eigenvalue weighted by Gasteiger charge is 2.20. The Morgan fingerprint density at radius 3 is 2.72 bits per heavy atom. The summed E-state index contributed by atoms with van der Waals surface area (Å²) in [5.74, 6) is -0.706. The monoisotopic (exact) mass is 272 g/mol. The Morgan fingerprint density at radius 1 is 1.56 bits per heavy atom. The molecule has 0 bridgehead atoms. The van der Waals surface area contributed by atoms with Crippen LogP contribution in [0.25, 0.3) is 0 Å². The van der Waals surface area contributed by atoms with Crippen LogP contribution in [0, 0.1) is 11.7 Å². The van der Waals surface area contributed by atoms with Crippen LogP contribution >= 0.6 is 11.6 Å². The van der Waals surface area contributed by atoms with Gasteiger partial charge in [0, 0.05) is 30.7 Å². The summed E-state index contributed by atoms with van der Waals surface area (Å²) in [6.07, 6.45) is 0.671. The fourth-order valence-electron chi connectivity index (χ4n) is 1.75. The molecule has 0 aliphatic rings. The third-order valence-corrected chi connectivity index (χ3v) is 3.31. The normalized spacial score (nSPS) is 12.3. The number of hydrogen-bond acceptors (Lipinski definition) is 2. The van der Waals surface area contributed by atoms with Gasteiger partial charge in [0.2, 0.25) is 5.91 Å². The first kappa shape index (κ1) is 14.9. The number of hydrogen-bond donors (Lipinski definition) is 1. The average molecular weight is 273 g/mol. The van der Waals surface area contributed by atoms with Crippen molar-refractivity contribution in [2.75, 3.05) is 13.6 Å². The Kier molecular flexibility index (Phi) is 5.56. The van der Waals surface area contributed by atoms with Crippen molar-refractivity contribution in [2.45, 2.75) is 19.9 Å².